The van der Waals surface area contributed by atoms with Gasteiger partial charge in [0.15, 0.2) is 6.29 Å². The van der Waals surface area contributed by atoms with Gasteiger partial charge in [0, 0.05) is 87.0 Å². The van der Waals surface area contributed by atoms with Crippen molar-refractivity contribution in [2.24, 2.45) is 0 Å². The van der Waals surface area contributed by atoms with Crippen molar-refractivity contribution < 1.29 is 4.79 Å². The number of nitrogen functional groups attached to an aromatic ring is 2. The van der Waals surface area contributed by atoms with Crippen molar-refractivity contribution >= 4 is 30.1 Å². The summed E-state index contributed by atoms with van der Waals surface area (Å²) in [5.74, 6) is 2.80. The summed E-state index contributed by atoms with van der Waals surface area (Å²) in [5.41, 5.74) is 14.1. The lowest BCUT2D eigenvalue weighted by Crippen LogP contribution is -2.35. The third kappa shape index (κ3) is 11.8. The average molecular weight is 755 g/mol. The number of aldehydes is 1. The van der Waals surface area contributed by atoms with Crippen LogP contribution in [0.4, 0.5) is 23.8 Å². The topological polar surface area (TPSA) is 234 Å². The molecular formula is C38H54N14O3. The Hall–Kier alpha value is -5.29. The Morgan fingerprint density at radius 1 is 0.636 bits per heavy atom. The molecule has 294 valence electrons. The molecular weight excluding hydrogens is 701 g/mol. The summed E-state index contributed by atoms with van der Waals surface area (Å²) in [6.07, 6.45) is 18.4. The quantitative estimate of drug-likeness (QED) is 0.171. The molecule has 4 saturated heterocycles. The second kappa shape index (κ2) is 19.9. The molecule has 17 heteroatoms. The molecule has 55 heavy (non-hydrogen) atoms. The molecule has 0 unspecified atom stereocenters. The fourth-order valence-corrected chi connectivity index (χ4v) is 7.47. The highest BCUT2D eigenvalue weighted by Gasteiger charge is 2.24. The van der Waals surface area contributed by atoms with Crippen molar-refractivity contribution in [2.45, 2.75) is 82.6 Å². The minimum absolute atomic E-state index is 0.0101. The van der Waals surface area contributed by atoms with Crippen LogP contribution < -0.4 is 37.7 Å². The van der Waals surface area contributed by atoms with Crippen LogP contribution in [0.25, 0.3) is 0 Å². The van der Waals surface area contributed by atoms with Crippen molar-refractivity contribution in [1.29, 1.82) is 0 Å². The number of piperidine rings is 4. The van der Waals surface area contributed by atoms with Gasteiger partial charge in [-0.2, -0.15) is 0 Å². The third-order valence-electron chi connectivity index (χ3n) is 10.5. The Morgan fingerprint density at radius 2 is 1.09 bits per heavy atom. The molecule has 0 amide bonds. The van der Waals surface area contributed by atoms with E-state index in [0.29, 0.717) is 29.6 Å². The van der Waals surface area contributed by atoms with Crippen molar-refractivity contribution in [3.8, 4) is 0 Å². The molecule has 7 N–H and O–H groups in total. The van der Waals surface area contributed by atoms with E-state index in [4.69, 9.17) is 21.4 Å². The van der Waals surface area contributed by atoms with Gasteiger partial charge in [-0.15, -0.1) is 0 Å². The number of H-pyrrole nitrogens is 2. The van der Waals surface area contributed by atoms with Crippen LogP contribution in [-0.4, -0.2) is 103 Å². The first-order chi connectivity index (χ1) is 26.8. The zero-order valence-corrected chi connectivity index (χ0v) is 31.5. The van der Waals surface area contributed by atoms with Crippen LogP contribution in [0, 0.1) is 0 Å². The van der Waals surface area contributed by atoms with Crippen LogP contribution >= 0.6 is 0 Å². The summed E-state index contributed by atoms with van der Waals surface area (Å²) in [7, 11) is 0. The molecule has 0 atom stereocenters. The maximum absolute atomic E-state index is 12.2. The minimum atomic E-state index is -0.0398. The first kappa shape index (κ1) is 39.4. The minimum Gasteiger partial charge on any atom is -0.368 e. The van der Waals surface area contributed by atoms with Gasteiger partial charge in [0.25, 0.3) is 11.1 Å². The van der Waals surface area contributed by atoms with Gasteiger partial charge in [0.2, 0.25) is 23.8 Å². The lowest BCUT2D eigenvalue weighted by molar-refractivity contribution is 0.112. The van der Waals surface area contributed by atoms with Crippen molar-refractivity contribution in [3.63, 3.8) is 0 Å². The molecule has 4 fully saturated rings. The molecule has 17 nitrogen and oxygen atoms in total. The Morgan fingerprint density at radius 3 is 1.56 bits per heavy atom. The highest BCUT2D eigenvalue weighted by atomic mass is 16.1. The van der Waals surface area contributed by atoms with Crippen LogP contribution in [0.5, 0.6) is 0 Å². The van der Waals surface area contributed by atoms with Crippen molar-refractivity contribution in [2.75, 3.05) is 73.6 Å². The molecule has 8 rings (SSSR count). The summed E-state index contributed by atoms with van der Waals surface area (Å²) < 4.78 is 0. The van der Waals surface area contributed by atoms with E-state index in [2.05, 4.69) is 49.9 Å². The maximum Gasteiger partial charge on any atom is 0.252 e. The maximum atomic E-state index is 12.2. The fourth-order valence-electron chi connectivity index (χ4n) is 7.47. The Kier molecular flexibility index (Phi) is 14.2. The summed E-state index contributed by atoms with van der Waals surface area (Å²) in [5, 5.41) is 3.35. The molecule has 0 bridgehead atoms. The number of carbonyl (C=O) groups is 1. The predicted molar refractivity (Wildman–Crippen MR) is 212 cm³/mol. The summed E-state index contributed by atoms with van der Waals surface area (Å²) >= 11 is 0. The smallest absolute Gasteiger partial charge is 0.252 e. The molecule has 4 aliphatic rings. The number of hydrogen-bond acceptors (Lipinski definition) is 15. The number of aromatic nitrogens is 8. The molecule has 8 heterocycles. The van der Waals surface area contributed by atoms with Crippen LogP contribution in [0.2, 0.25) is 0 Å². The number of aromatic amines is 2. The van der Waals surface area contributed by atoms with Gasteiger partial charge >= 0.3 is 0 Å². The first-order valence-corrected chi connectivity index (χ1v) is 19.6. The van der Waals surface area contributed by atoms with Crippen molar-refractivity contribution in [1.82, 2.24) is 50.1 Å². The van der Waals surface area contributed by atoms with E-state index in [-0.39, 0.29) is 17.1 Å². The number of nitrogens with zero attached hydrogens (tertiary/aromatic N) is 9. The van der Waals surface area contributed by atoms with Gasteiger partial charge < -0.3 is 26.6 Å². The Labute approximate surface area is 320 Å². The van der Waals surface area contributed by atoms with E-state index in [9.17, 15) is 14.4 Å². The Balaban J connectivity index is 0.000000159. The molecule has 4 aromatic heterocycles. The van der Waals surface area contributed by atoms with Gasteiger partial charge in [-0.05, 0) is 90.4 Å². The average Bonchev–Trinajstić information content (AvgIpc) is 3.23. The van der Waals surface area contributed by atoms with E-state index >= 15 is 0 Å². The number of nitrogens with one attached hydrogen (secondary N) is 3. The molecule has 0 saturated carbocycles. The molecule has 0 aliphatic carbocycles. The monoisotopic (exact) mass is 754 g/mol. The lowest BCUT2D eigenvalue weighted by Gasteiger charge is -2.32. The van der Waals surface area contributed by atoms with E-state index in [1.165, 1.54) is 50.9 Å². The normalized spacial score (nSPS) is 18.4. The van der Waals surface area contributed by atoms with E-state index < -0.39 is 0 Å². The summed E-state index contributed by atoms with van der Waals surface area (Å²) in [4.78, 5) is 71.5. The van der Waals surface area contributed by atoms with Crippen LogP contribution in [-0.2, 0) is 6.54 Å². The van der Waals surface area contributed by atoms with Gasteiger partial charge in [0.05, 0.1) is 17.0 Å². The molecule has 0 aromatic carbocycles. The number of carbonyl (C=O) groups excluding carboxylic acids is 1. The summed E-state index contributed by atoms with van der Waals surface area (Å²) in [6, 6.07) is 3.37. The second-order valence-electron chi connectivity index (χ2n) is 14.6. The van der Waals surface area contributed by atoms with Gasteiger partial charge in [-0.3, -0.25) is 29.3 Å². The fraction of sp³-hybridized carbons (Fsp3) is 0.553. The molecule has 4 aromatic rings. The van der Waals surface area contributed by atoms with Crippen LogP contribution in [0.1, 0.15) is 103 Å². The SMILES string of the molecule is Nc1ncc(C=O)cn1.Nc1ncc(CN2CCC(c3cc(=O)[nH]c(N4CCCCC4)n3)CC2)cn1.O=c1cc(C2CCNCC2)nc(N2CCCCC2)[nH]1. The number of hydrogen-bond donors (Lipinski definition) is 5. The van der Waals surface area contributed by atoms with Crippen LogP contribution in [0.3, 0.4) is 0 Å². The van der Waals surface area contributed by atoms with Gasteiger partial charge in [0.1, 0.15) is 0 Å². The van der Waals surface area contributed by atoms with E-state index in [0.717, 1.165) is 113 Å². The molecule has 4 aliphatic heterocycles. The largest absolute Gasteiger partial charge is 0.368 e. The van der Waals surface area contributed by atoms with Crippen molar-refractivity contribution in [3.05, 3.63) is 80.1 Å². The Bertz CT molecular complexity index is 1850. The first-order valence-electron chi connectivity index (χ1n) is 19.6. The number of likely N-dealkylation sites (tertiary alicyclic amines) is 1. The highest BCUT2D eigenvalue weighted by molar-refractivity contribution is 5.73. The zero-order valence-electron chi connectivity index (χ0n) is 31.5. The number of anilines is 4. The molecule has 0 spiro atoms. The van der Waals surface area contributed by atoms with Crippen LogP contribution in [0.15, 0.2) is 46.5 Å². The third-order valence-corrected chi connectivity index (χ3v) is 10.5. The predicted octanol–water partition coefficient (Wildman–Crippen LogP) is 2.61. The second-order valence-corrected chi connectivity index (χ2v) is 14.6. The number of rotatable bonds is 7. The number of nitrogens with two attached hydrogens (primary N) is 2. The summed E-state index contributed by atoms with van der Waals surface area (Å²) in [6.45, 7) is 8.82. The lowest BCUT2D eigenvalue weighted by atomic mass is 9.93. The van der Waals surface area contributed by atoms with E-state index in [1.807, 2.05) is 0 Å². The highest BCUT2D eigenvalue weighted by Crippen LogP contribution is 2.28. The van der Waals surface area contributed by atoms with E-state index in [1.54, 1.807) is 24.5 Å². The van der Waals surface area contributed by atoms with Gasteiger partial charge in [-0.25, -0.2) is 29.9 Å². The molecule has 0 radical (unpaired) electrons. The van der Waals surface area contributed by atoms with Gasteiger partial charge in [-0.1, -0.05) is 0 Å². The standard InChI is InChI=1S/C19H27N7O.C14H22N4O.C5H5N3O/c20-18-21-11-14(12-22-18)13-25-8-4-15(5-9-25)16-10-17(27)24-19(23-16)26-6-2-1-3-7-26;19-13-10-12(11-4-6-15-7-5-11)16-14(17-13)18-8-2-1-3-9-18;6-5-7-1-4(3-9)2-8-5/h10-12,15H,1-9,13H2,(H2,20,21,22)(H,23,24,27);10-11,15H,1-9H2,(H,16,17,19);1-3H,(H2,6,7,8). The zero-order chi connectivity index (χ0) is 38.4.